The summed E-state index contributed by atoms with van der Waals surface area (Å²) in [4.78, 5) is 18.4. The second-order valence-corrected chi connectivity index (χ2v) is 7.51. The van der Waals surface area contributed by atoms with Crippen LogP contribution in [0.2, 0.25) is 0 Å². The minimum Gasteiger partial charge on any atom is -0.478 e. The Balaban J connectivity index is 1.64. The van der Waals surface area contributed by atoms with Crippen LogP contribution >= 0.6 is 0 Å². The Morgan fingerprint density at radius 1 is 1.18 bits per heavy atom. The molecule has 1 fully saturated rings. The highest BCUT2D eigenvalue weighted by atomic mass is 19.1. The molecule has 0 unspecified atom stereocenters. The minimum atomic E-state index is -1.26. The van der Waals surface area contributed by atoms with Gasteiger partial charge in [-0.15, -0.1) is 0 Å². The average Bonchev–Trinajstić information content (AvgIpc) is 3.47. The maximum absolute atomic E-state index is 14.6. The third-order valence-electron chi connectivity index (χ3n) is 5.51. The predicted molar refractivity (Wildman–Crippen MR) is 104 cm³/mol. The van der Waals surface area contributed by atoms with Crippen LogP contribution in [0.3, 0.4) is 0 Å². The maximum Gasteiger partial charge on any atom is 0.338 e. The number of aromatic nitrogens is 2. The van der Waals surface area contributed by atoms with Crippen molar-refractivity contribution in [1.82, 2.24) is 9.55 Å². The number of benzene rings is 2. The van der Waals surface area contributed by atoms with E-state index in [1.54, 1.807) is 0 Å². The SMILES string of the molecule is O=C(O)c1cc2c(cc1F)N(Cc1ccccc1)CCc1nc(C3CC3)cn1-2. The van der Waals surface area contributed by atoms with Gasteiger partial charge >= 0.3 is 5.97 Å². The van der Waals surface area contributed by atoms with Crippen LogP contribution in [0, 0.1) is 5.82 Å². The summed E-state index contributed by atoms with van der Waals surface area (Å²) in [5.74, 6) is -0.567. The van der Waals surface area contributed by atoms with Crippen molar-refractivity contribution in [3.05, 3.63) is 77.1 Å². The average molecular weight is 377 g/mol. The lowest BCUT2D eigenvalue weighted by Crippen LogP contribution is -2.25. The van der Waals surface area contributed by atoms with Gasteiger partial charge in [-0.1, -0.05) is 30.3 Å². The van der Waals surface area contributed by atoms with Crippen LogP contribution in [0.4, 0.5) is 10.1 Å². The Kier molecular flexibility index (Phi) is 3.93. The Labute approximate surface area is 162 Å². The fourth-order valence-electron chi connectivity index (χ4n) is 3.88. The first-order valence-electron chi connectivity index (χ1n) is 9.54. The first kappa shape index (κ1) is 17.0. The van der Waals surface area contributed by atoms with Gasteiger partial charge in [0.1, 0.15) is 11.6 Å². The number of rotatable bonds is 4. The van der Waals surface area contributed by atoms with E-state index < -0.39 is 11.8 Å². The number of nitrogens with zero attached hydrogens (tertiary/aromatic N) is 3. The monoisotopic (exact) mass is 377 g/mol. The highest BCUT2D eigenvalue weighted by Gasteiger charge is 2.30. The van der Waals surface area contributed by atoms with Crippen molar-refractivity contribution in [3.8, 4) is 5.69 Å². The zero-order chi connectivity index (χ0) is 19.3. The molecule has 2 aliphatic rings. The summed E-state index contributed by atoms with van der Waals surface area (Å²) >= 11 is 0. The molecule has 5 rings (SSSR count). The molecule has 0 saturated heterocycles. The van der Waals surface area contributed by atoms with E-state index in [1.165, 1.54) is 12.1 Å². The van der Waals surface area contributed by atoms with Crippen molar-refractivity contribution in [1.29, 1.82) is 0 Å². The highest BCUT2D eigenvalue weighted by Crippen LogP contribution is 2.41. The van der Waals surface area contributed by atoms with Crippen LogP contribution in [0.25, 0.3) is 5.69 Å². The number of hydrogen-bond acceptors (Lipinski definition) is 3. The molecule has 0 atom stereocenters. The van der Waals surface area contributed by atoms with Crippen LogP contribution in [0.15, 0.2) is 48.7 Å². The van der Waals surface area contributed by atoms with Gasteiger partial charge in [0, 0.05) is 37.7 Å². The normalized spacial score (nSPS) is 15.7. The molecule has 6 heteroatoms. The van der Waals surface area contributed by atoms with E-state index in [0.717, 1.165) is 36.3 Å². The summed E-state index contributed by atoms with van der Waals surface area (Å²) in [6.07, 6.45) is 5.01. The molecule has 1 N–H and O–H groups in total. The Morgan fingerprint density at radius 3 is 2.68 bits per heavy atom. The van der Waals surface area contributed by atoms with Crippen molar-refractivity contribution < 1.29 is 14.3 Å². The van der Waals surface area contributed by atoms with Gasteiger partial charge in [-0.2, -0.15) is 0 Å². The minimum absolute atomic E-state index is 0.312. The number of carboxylic acid groups (broad SMARTS) is 1. The van der Waals surface area contributed by atoms with Gasteiger partial charge in [0.05, 0.1) is 22.6 Å². The number of carboxylic acids is 1. The van der Waals surface area contributed by atoms with E-state index in [9.17, 15) is 14.3 Å². The quantitative estimate of drug-likeness (QED) is 0.742. The van der Waals surface area contributed by atoms with E-state index in [1.807, 2.05) is 41.1 Å². The van der Waals surface area contributed by atoms with Gasteiger partial charge in [0.2, 0.25) is 0 Å². The summed E-state index contributed by atoms with van der Waals surface area (Å²) < 4.78 is 16.5. The van der Waals surface area contributed by atoms with Gasteiger partial charge in [0.25, 0.3) is 0 Å². The molecule has 1 aliphatic carbocycles. The number of carbonyl (C=O) groups is 1. The Morgan fingerprint density at radius 2 is 1.96 bits per heavy atom. The van der Waals surface area contributed by atoms with Gasteiger partial charge in [0.15, 0.2) is 0 Å². The predicted octanol–water partition coefficient (Wildman–Crippen LogP) is 4.15. The van der Waals surface area contributed by atoms with Crippen molar-refractivity contribution >= 4 is 11.7 Å². The summed E-state index contributed by atoms with van der Waals surface area (Å²) in [7, 11) is 0. The lowest BCUT2D eigenvalue weighted by molar-refractivity contribution is 0.0692. The molecule has 142 valence electrons. The summed E-state index contributed by atoms with van der Waals surface area (Å²) in [6, 6.07) is 12.8. The first-order valence-corrected chi connectivity index (χ1v) is 9.54. The number of hydrogen-bond donors (Lipinski definition) is 1. The zero-order valence-electron chi connectivity index (χ0n) is 15.3. The molecule has 3 aromatic rings. The number of imidazole rings is 1. The van der Waals surface area contributed by atoms with Crippen LogP contribution in [-0.4, -0.2) is 27.2 Å². The molecule has 1 saturated carbocycles. The number of fused-ring (bicyclic) bond motifs is 3. The van der Waals surface area contributed by atoms with Crippen LogP contribution in [0.1, 0.15) is 46.2 Å². The number of aromatic carboxylic acids is 1. The van der Waals surface area contributed by atoms with Gasteiger partial charge in [-0.25, -0.2) is 14.2 Å². The molecule has 5 nitrogen and oxygen atoms in total. The van der Waals surface area contributed by atoms with E-state index in [0.29, 0.717) is 30.4 Å². The molecule has 0 radical (unpaired) electrons. The molecule has 2 aromatic carbocycles. The van der Waals surface area contributed by atoms with Crippen LogP contribution < -0.4 is 4.90 Å². The smallest absolute Gasteiger partial charge is 0.338 e. The summed E-state index contributed by atoms with van der Waals surface area (Å²) in [6.45, 7) is 1.31. The van der Waals surface area contributed by atoms with E-state index in [-0.39, 0.29) is 5.56 Å². The van der Waals surface area contributed by atoms with E-state index >= 15 is 0 Å². The van der Waals surface area contributed by atoms with Crippen molar-refractivity contribution in [3.63, 3.8) is 0 Å². The second-order valence-electron chi connectivity index (χ2n) is 7.51. The topological polar surface area (TPSA) is 58.4 Å². The largest absolute Gasteiger partial charge is 0.478 e. The standard InChI is InChI=1S/C22H20FN3O2/c23-17-11-19-20(10-16(17)22(27)28)26-13-18(15-6-7-15)24-21(26)8-9-25(19)12-14-4-2-1-3-5-14/h1-5,10-11,13,15H,6-9,12H2,(H,27,28). The third-order valence-corrected chi connectivity index (χ3v) is 5.51. The number of anilines is 1. The molecular weight excluding hydrogens is 357 g/mol. The summed E-state index contributed by atoms with van der Waals surface area (Å²) in [5.41, 5.74) is 3.24. The van der Waals surface area contributed by atoms with Crippen molar-refractivity contribution in [2.24, 2.45) is 0 Å². The lowest BCUT2D eigenvalue weighted by Gasteiger charge is -2.25. The van der Waals surface area contributed by atoms with Gasteiger partial charge in [-0.3, -0.25) is 0 Å². The van der Waals surface area contributed by atoms with Crippen molar-refractivity contribution in [2.75, 3.05) is 11.4 Å². The van der Waals surface area contributed by atoms with E-state index in [2.05, 4.69) is 4.90 Å². The van der Waals surface area contributed by atoms with Crippen LogP contribution in [-0.2, 0) is 13.0 Å². The maximum atomic E-state index is 14.6. The second kappa shape index (κ2) is 6.48. The highest BCUT2D eigenvalue weighted by molar-refractivity contribution is 5.90. The van der Waals surface area contributed by atoms with E-state index in [4.69, 9.17) is 4.98 Å². The molecular formula is C22H20FN3O2. The fraction of sp³-hybridized carbons (Fsp3) is 0.273. The number of halogens is 1. The molecule has 0 spiro atoms. The van der Waals surface area contributed by atoms with Crippen molar-refractivity contribution in [2.45, 2.75) is 31.7 Å². The molecule has 2 heterocycles. The van der Waals surface area contributed by atoms with Crippen LogP contribution in [0.5, 0.6) is 0 Å². The lowest BCUT2D eigenvalue weighted by atomic mass is 10.1. The fourth-order valence-corrected chi connectivity index (χ4v) is 3.88. The van der Waals surface area contributed by atoms with Gasteiger partial charge < -0.3 is 14.6 Å². The zero-order valence-corrected chi connectivity index (χ0v) is 15.3. The molecule has 0 amide bonds. The molecule has 28 heavy (non-hydrogen) atoms. The molecule has 0 bridgehead atoms. The molecule has 1 aliphatic heterocycles. The Hall–Kier alpha value is -3.15. The summed E-state index contributed by atoms with van der Waals surface area (Å²) in [5, 5.41) is 9.41. The Bertz CT molecular complexity index is 1060. The molecule has 1 aromatic heterocycles. The third kappa shape index (κ3) is 2.95. The van der Waals surface area contributed by atoms with Gasteiger partial charge in [-0.05, 0) is 24.5 Å². The first-order chi connectivity index (χ1) is 13.6.